The summed E-state index contributed by atoms with van der Waals surface area (Å²) in [5.41, 5.74) is 0. The van der Waals surface area contributed by atoms with Gasteiger partial charge in [0.25, 0.3) is 0 Å². The Balaban J connectivity index is 2.52. The van der Waals surface area contributed by atoms with E-state index in [1.165, 1.54) is 11.2 Å². The number of rotatable bonds is 5. The third-order valence-corrected chi connectivity index (χ3v) is 4.10. The molecule has 0 saturated carbocycles. The molecule has 19 heavy (non-hydrogen) atoms. The first-order valence-electron chi connectivity index (χ1n) is 6.24. The number of hydrogen-bond acceptors (Lipinski definition) is 5. The van der Waals surface area contributed by atoms with Crippen molar-refractivity contribution in [3.63, 3.8) is 0 Å². The predicted molar refractivity (Wildman–Crippen MR) is 76.9 cm³/mol. The molecule has 2 aromatic heterocycles. The zero-order valence-electron chi connectivity index (χ0n) is 11.3. The van der Waals surface area contributed by atoms with Crippen LogP contribution in [-0.4, -0.2) is 33.6 Å². The highest BCUT2D eigenvalue weighted by molar-refractivity contribution is 7.18. The van der Waals surface area contributed by atoms with Crippen LogP contribution in [0.1, 0.15) is 25.6 Å². The van der Waals surface area contributed by atoms with Gasteiger partial charge in [-0.15, -0.1) is 11.3 Å². The van der Waals surface area contributed by atoms with Gasteiger partial charge in [0, 0.05) is 10.9 Å². The summed E-state index contributed by atoms with van der Waals surface area (Å²) < 4.78 is 0. The van der Waals surface area contributed by atoms with Gasteiger partial charge in [-0.2, -0.15) is 0 Å². The lowest BCUT2D eigenvalue weighted by Gasteiger charge is -2.26. The maximum Gasteiger partial charge on any atom is 0.323 e. The average Bonchev–Trinajstić information content (AvgIpc) is 2.78. The Kier molecular flexibility index (Phi) is 3.99. The second-order valence-electron chi connectivity index (χ2n) is 4.60. The fraction of sp³-hybridized carbons (Fsp3) is 0.462. The number of aromatic nitrogens is 2. The van der Waals surface area contributed by atoms with E-state index < -0.39 is 5.97 Å². The number of hydrogen-bond donors (Lipinski definition) is 1. The SMILES string of the molecule is CCc1cc2c(N(CC(=O)O)C(C)C)ncnc2s1. The quantitative estimate of drug-likeness (QED) is 0.911. The first-order chi connectivity index (χ1) is 9.02. The van der Waals surface area contributed by atoms with E-state index in [1.54, 1.807) is 16.2 Å². The molecule has 0 aliphatic carbocycles. The first kappa shape index (κ1) is 13.7. The Bertz CT molecular complexity index is 595. The van der Waals surface area contributed by atoms with E-state index >= 15 is 0 Å². The lowest BCUT2D eigenvalue weighted by atomic mass is 10.2. The highest BCUT2D eigenvalue weighted by Gasteiger charge is 2.19. The smallest absolute Gasteiger partial charge is 0.323 e. The van der Waals surface area contributed by atoms with Crippen molar-refractivity contribution in [3.8, 4) is 0 Å². The maximum absolute atomic E-state index is 11.0. The van der Waals surface area contributed by atoms with Crippen molar-refractivity contribution < 1.29 is 9.90 Å². The lowest BCUT2D eigenvalue weighted by Crippen LogP contribution is -2.36. The summed E-state index contributed by atoms with van der Waals surface area (Å²) in [6, 6.07) is 2.13. The maximum atomic E-state index is 11.0. The number of aryl methyl sites for hydroxylation is 1. The van der Waals surface area contributed by atoms with E-state index in [-0.39, 0.29) is 12.6 Å². The summed E-state index contributed by atoms with van der Waals surface area (Å²) >= 11 is 1.63. The van der Waals surface area contributed by atoms with E-state index in [2.05, 4.69) is 23.0 Å². The molecule has 2 aromatic rings. The zero-order valence-corrected chi connectivity index (χ0v) is 12.1. The van der Waals surface area contributed by atoms with Crippen LogP contribution in [0.3, 0.4) is 0 Å². The Labute approximate surface area is 115 Å². The Morgan fingerprint density at radius 1 is 1.47 bits per heavy atom. The molecule has 5 nitrogen and oxygen atoms in total. The largest absolute Gasteiger partial charge is 0.480 e. The molecule has 0 fully saturated rings. The molecule has 0 aromatic carbocycles. The summed E-state index contributed by atoms with van der Waals surface area (Å²) in [6.07, 6.45) is 2.45. The van der Waals surface area contributed by atoms with Crippen LogP contribution in [0.4, 0.5) is 5.82 Å². The number of carboxylic acids is 1. The van der Waals surface area contributed by atoms with Gasteiger partial charge in [-0.3, -0.25) is 4.79 Å². The van der Waals surface area contributed by atoms with Gasteiger partial charge in [-0.1, -0.05) is 6.92 Å². The van der Waals surface area contributed by atoms with Crippen molar-refractivity contribution in [3.05, 3.63) is 17.3 Å². The summed E-state index contributed by atoms with van der Waals surface area (Å²) in [7, 11) is 0. The fourth-order valence-electron chi connectivity index (χ4n) is 1.94. The summed E-state index contributed by atoms with van der Waals surface area (Å²) in [5.74, 6) is -0.148. The van der Waals surface area contributed by atoms with Gasteiger partial charge in [0.2, 0.25) is 0 Å². The molecule has 1 N–H and O–H groups in total. The molecule has 0 aliphatic rings. The molecule has 0 amide bonds. The fourth-order valence-corrected chi connectivity index (χ4v) is 2.87. The van der Waals surface area contributed by atoms with Crippen molar-refractivity contribution in [2.45, 2.75) is 33.2 Å². The topological polar surface area (TPSA) is 66.3 Å². The molecular formula is C13H17N3O2S. The van der Waals surface area contributed by atoms with Gasteiger partial charge >= 0.3 is 5.97 Å². The normalized spacial score (nSPS) is 11.2. The van der Waals surface area contributed by atoms with E-state index in [0.29, 0.717) is 5.82 Å². The van der Waals surface area contributed by atoms with Crippen molar-refractivity contribution >= 4 is 33.3 Å². The number of carbonyl (C=O) groups is 1. The number of aliphatic carboxylic acids is 1. The predicted octanol–water partition coefficient (Wildman–Crippen LogP) is 2.55. The Hall–Kier alpha value is -1.69. The monoisotopic (exact) mass is 279 g/mol. The second kappa shape index (κ2) is 5.52. The van der Waals surface area contributed by atoms with Crippen LogP contribution in [0.2, 0.25) is 0 Å². The van der Waals surface area contributed by atoms with Crippen LogP contribution in [0.25, 0.3) is 10.2 Å². The molecule has 0 radical (unpaired) electrons. The van der Waals surface area contributed by atoms with Gasteiger partial charge in [-0.25, -0.2) is 9.97 Å². The van der Waals surface area contributed by atoms with Crippen molar-refractivity contribution in [1.29, 1.82) is 0 Å². The van der Waals surface area contributed by atoms with Crippen LogP contribution >= 0.6 is 11.3 Å². The standard InChI is InChI=1S/C13H17N3O2S/c1-4-9-5-10-12(14-7-15-13(10)19-9)16(8(2)3)6-11(17)18/h5,7-8H,4,6H2,1-3H3,(H,17,18). The van der Waals surface area contributed by atoms with E-state index in [0.717, 1.165) is 16.6 Å². The molecule has 0 spiro atoms. The van der Waals surface area contributed by atoms with Crippen LogP contribution in [0, 0.1) is 0 Å². The third kappa shape index (κ3) is 2.84. The van der Waals surface area contributed by atoms with Crippen molar-refractivity contribution in [1.82, 2.24) is 9.97 Å². The number of thiophene rings is 1. The van der Waals surface area contributed by atoms with E-state index in [9.17, 15) is 4.79 Å². The molecular weight excluding hydrogens is 262 g/mol. The highest BCUT2D eigenvalue weighted by Crippen LogP contribution is 2.31. The average molecular weight is 279 g/mol. The minimum atomic E-state index is -0.855. The van der Waals surface area contributed by atoms with Crippen molar-refractivity contribution in [2.24, 2.45) is 0 Å². The van der Waals surface area contributed by atoms with Gasteiger partial charge in [0.05, 0.1) is 5.39 Å². The van der Waals surface area contributed by atoms with Crippen LogP contribution < -0.4 is 4.90 Å². The highest BCUT2D eigenvalue weighted by atomic mass is 32.1. The Morgan fingerprint density at radius 2 is 2.21 bits per heavy atom. The molecule has 0 aliphatic heterocycles. The van der Waals surface area contributed by atoms with Crippen LogP contribution in [0.15, 0.2) is 12.4 Å². The van der Waals surface area contributed by atoms with Crippen LogP contribution in [0.5, 0.6) is 0 Å². The molecule has 0 atom stereocenters. The van der Waals surface area contributed by atoms with Gasteiger partial charge in [0.1, 0.15) is 23.5 Å². The van der Waals surface area contributed by atoms with Crippen molar-refractivity contribution in [2.75, 3.05) is 11.4 Å². The van der Waals surface area contributed by atoms with E-state index in [1.807, 2.05) is 13.8 Å². The molecule has 0 unspecified atom stereocenters. The zero-order chi connectivity index (χ0) is 14.0. The van der Waals surface area contributed by atoms with Crippen LogP contribution in [-0.2, 0) is 11.2 Å². The molecule has 2 heterocycles. The third-order valence-electron chi connectivity index (χ3n) is 2.91. The van der Waals surface area contributed by atoms with Gasteiger partial charge < -0.3 is 10.0 Å². The molecule has 6 heteroatoms. The molecule has 0 saturated heterocycles. The minimum Gasteiger partial charge on any atom is -0.480 e. The molecule has 0 bridgehead atoms. The molecule has 2 rings (SSSR count). The number of carboxylic acid groups (broad SMARTS) is 1. The number of fused-ring (bicyclic) bond motifs is 1. The van der Waals surface area contributed by atoms with Gasteiger partial charge in [0.15, 0.2) is 0 Å². The summed E-state index contributed by atoms with van der Waals surface area (Å²) in [5, 5.41) is 9.98. The lowest BCUT2D eigenvalue weighted by molar-refractivity contribution is -0.135. The second-order valence-corrected chi connectivity index (χ2v) is 5.71. The molecule has 102 valence electrons. The Morgan fingerprint density at radius 3 is 2.79 bits per heavy atom. The van der Waals surface area contributed by atoms with E-state index in [4.69, 9.17) is 5.11 Å². The minimum absolute atomic E-state index is 0.0545. The summed E-state index contributed by atoms with van der Waals surface area (Å²) in [4.78, 5) is 23.5. The number of nitrogens with zero attached hydrogens (tertiary/aromatic N) is 3. The first-order valence-corrected chi connectivity index (χ1v) is 7.06. The summed E-state index contributed by atoms with van der Waals surface area (Å²) in [6.45, 7) is 5.96. The number of anilines is 1. The van der Waals surface area contributed by atoms with Gasteiger partial charge in [-0.05, 0) is 26.3 Å².